The number of fused-ring (bicyclic) bond motifs is 1. The Balaban J connectivity index is 2.04. The van der Waals surface area contributed by atoms with Gasteiger partial charge in [-0.25, -0.2) is 0 Å². The summed E-state index contributed by atoms with van der Waals surface area (Å²) in [6.45, 7) is 0. The number of carbonyl (C=O) groups is 1. The second-order valence-electron chi connectivity index (χ2n) is 6.01. The van der Waals surface area contributed by atoms with Crippen LogP contribution in [0.3, 0.4) is 0 Å². The topological polar surface area (TPSA) is 17.1 Å². The van der Waals surface area contributed by atoms with Gasteiger partial charge in [-0.2, -0.15) is 13.2 Å². The van der Waals surface area contributed by atoms with Crippen molar-refractivity contribution in [3.05, 3.63) is 73.7 Å². The minimum absolute atomic E-state index is 0.0384. The summed E-state index contributed by atoms with van der Waals surface area (Å²) in [5.41, 5.74) is 0.932. The van der Waals surface area contributed by atoms with E-state index in [1.807, 2.05) is 0 Å². The molecule has 0 aromatic heterocycles. The first kappa shape index (κ1) is 19.3. The summed E-state index contributed by atoms with van der Waals surface area (Å²) < 4.78 is 40.6. The van der Waals surface area contributed by atoms with Crippen LogP contribution in [0.4, 0.5) is 13.2 Å². The van der Waals surface area contributed by atoms with Crippen LogP contribution in [0.15, 0.2) is 36.4 Å². The highest BCUT2D eigenvalue weighted by Crippen LogP contribution is 2.39. The first-order valence-electron chi connectivity index (χ1n) is 7.77. The zero-order valence-electron chi connectivity index (χ0n) is 13.3. The van der Waals surface area contributed by atoms with Gasteiger partial charge in [-0.3, -0.25) is 4.79 Å². The van der Waals surface area contributed by atoms with Crippen LogP contribution in [-0.4, -0.2) is 12.0 Å². The number of rotatable bonds is 3. The highest BCUT2D eigenvalue weighted by molar-refractivity contribution is 6.48. The maximum Gasteiger partial charge on any atom is 0.417 e. The lowest BCUT2D eigenvalue weighted by atomic mass is 9.99. The van der Waals surface area contributed by atoms with E-state index in [-0.39, 0.29) is 26.2 Å². The molecular weight excluding hydrogens is 408 g/mol. The van der Waals surface area contributed by atoms with Crippen molar-refractivity contribution in [1.82, 2.24) is 0 Å². The van der Waals surface area contributed by atoms with E-state index in [9.17, 15) is 18.0 Å². The van der Waals surface area contributed by atoms with Crippen LogP contribution < -0.4 is 0 Å². The molecule has 0 bridgehead atoms. The Morgan fingerprint density at radius 2 is 1.54 bits per heavy atom. The molecule has 0 N–H and O–H groups in total. The Morgan fingerprint density at radius 3 is 2.15 bits per heavy atom. The van der Waals surface area contributed by atoms with E-state index in [2.05, 4.69) is 0 Å². The standard InChI is InChI=1S/C19H12Cl3F3O/c20-15-7-13(8-16(21)18(15)22)14(19(23,24)25)9-17(26)12-5-4-10-2-1-3-11(10)6-12/h4-9H,1-3H2. The van der Waals surface area contributed by atoms with Gasteiger partial charge in [0.1, 0.15) is 0 Å². The quantitative estimate of drug-likeness (QED) is 0.298. The van der Waals surface area contributed by atoms with E-state index < -0.39 is 17.5 Å². The van der Waals surface area contributed by atoms with E-state index in [1.165, 1.54) is 0 Å². The van der Waals surface area contributed by atoms with Crippen LogP contribution in [0.1, 0.15) is 33.5 Å². The summed E-state index contributed by atoms with van der Waals surface area (Å²) in [6, 6.07) is 7.11. The molecule has 0 unspecified atom stereocenters. The van der Waals surface area contributed by atoms with Crippen molar-refractivity contribution in [2.45, 2.75) is 25.4 Å². The summed E-state index contributed by atoms with van der Waals surface area (Å²) in [5.74, 6) is -0.728. The van der Waals surface area contributed by atoms with E-state index in [1.54, 1.807) is 18.2 Å². The monoisotopic (exact) mass is 418 g/mol. The van der Waals surface area contributed by atoms with Gasteiger partial charge in [0.25, 0.3) is 0 Å². The van der Waals surface area contributed by atoms with Gasteiger partial charge in [0, 0.05) is 5.56 Å². The third kappa shape index (κ3) is 3.93. The zero-order chi connectivity index (χ0) is 19.1. The summed E-state index contributed by atoms with van der Waals surface area (Å²) in [7, 11) is 0. The molecule has 136 valence electrons. The highest BCUT2D eigenvalue weighted by atomic mass is 35.5. The molecule has 1 nitrogen and oxygen atoms in total. The van der Waals surface area contributed by atoms with Crippen LogP contribution in [-0.2, 0) is 12.8 Å². The fourth-order valence-electron chi connectivity index (χ4n) is 2.98. The smallest absolute Gasteiger partial charge is 0.289 e. The van der Waals surface area contributed by atoms with E-state index in [4.69, 9.17) is 34.8 Å². The average molecular weight is 420 g/mol. The predicted molar refractivity (Wildman–Crippen MR) is 98.3 cm³/mol. The average Bonchev–Trinajstić information content (AvgIpc) is 3.03. The first-order chi connectivity index (χ1) is 12.2. The van der Waals surface area contributed by atoms with Gasteiger partial charge < -0.3 is 0 Å². The first-order valence-corrected chi connectivity index (χ1v) is 8.90. The van der Waals surface area contributed by atoms with E-state index >= 15 is 0 Å². The Kier molecular flexibility index (Phi) is 5.38. The molecule has 1 aliphatic carbocycles. The third-order valence-corrected chi connectivity index (χ3v) is 5.46. The van der Waals surface area contributed by atoms with Crippen molar-refractivity contribution in [1.29, 1.82) is 0 Å². The summed E-state index contributed by atoms with van der Waals surface area (Å²) in [4.78, 5) is 12.4. The molecular formula is C19H12Cl3F3O. The maximum absolute atomic E-state index is 13.5. The van der Waals surface area contributed by atoms with Crippen LogP contribution in [0.2, 0.25) is 15.1 Å². The van der Waals surface area contributed by atoms with Crippen molar-refractivity contribution >= 4 is 46.2 Å². The van der Waals surface area contributed by atoms with Crippen LogP contribution in [0, 0.1) is 0 Å². The molecule has 2 aromatic rings. The number of halogens is 6. The molecule has 0 heterocycles. The SMILES string of the molecule is O=C(C=C(c1cc(Cl)c(Cl)c(Cl)c1)C(F)(F)F)c1ccc2c(c1)CCC2. The lowest BCUT2D eigenvalue weighted by Crippen LogP contribution is -2.13. The van der Waals surface area contributed by atoms with Gasteiger partial charge in [0.15, 0.2) is 5.78 Å². The molecule has 7 heteroatoms. The molecule has 26 heavy (non-hydrogen) atoms. The highest BCUT2D eigenvalue weighted by Gasteiger charge is 2.36. The summed E-state index contributed by atoms with van der Waals surface area (Å²) >= 11 is 17.5. The zero-order valence-corrected chi connectivity index (χ0v) is 15.5. The molecule has 0 saturated carbocycles. The Bertz CT molecular complexity index is 894. The number of aryl methyl sites for hydroxylation is 2. The predicted octanol–water partition coefficient (Wildman–Crippen LogP) is 6.96. The molecule has 2 aromatic carbocycles. The number of hydrogen-bond acceptors (Lipinski definition) is 1. The van der Waals surface area contributed by atoms with Gasteiger partial charge in [-0.1, -0.05) is 46.9 Å². The van der Waals surface area contributed by atoms with Gasteiger partial charge in [-0.05, 0) is 60.2 Å². The molecule has 0 amide bonds. The van der Waals surface area contributed by atoms with Crippen LogP contribution in [0.5, 0.6) is 0 Å². The van der Waals surface area contributed by atoms with E-state index in [0.717, 1.165) is 42.5 Å². The van der Waals surface area contributed by atoms with Crippen molar-refractivity contribution in [3.63, 3.8) is 0 Å². The van der Waals surface area contributed by atoms with Crippen LogP contribution in [0.25, 0.3) is 5.57 Å². The summed E-state index contributed by atoms with van der Waals surface area (Å²) in [5, 5.41) is -0.271. The second kappa shape index (κ2) is 7.26. The molecule has 0 radical (unpaired) electrons. The molecule has 0 fully saturated rings. The van der Waals surface area contributed by atoms with Gasteiger partial charge in [0.05, 0.1) is 20.6 Å². The Morgan fingerprint density at radius 1 is 0.923 bits per heavy atom. The fraction of sp³-hybridized carbons (Fsp3) is 0.211. The second-order valence-corrected chi connectivity index (χ2v) is 7.20. The number of hydrogen-bond donors (Lipinski definition) is 0. The lowest BCUT2D eigenvalue weighted by molar-refractivity contribution is -0.0689. The normalized spacial score (nSPS) is 14.5. The number of ketones is 1. The molecule has 3 rings (SSSR count). The Labute approximate surface area is 163 Å². The number of alkyl halides is 3. The minimum atomic E-state index is -4.76. The van der Waals surface area contributed by atoms with E-state index in [0.29, 0.717) is 6.08 Å². The molecule has 0 atom stereocenters. The van der Waals surface area contributed by atoms with Crippen LogP contribution >= 0.6 is 34.8 Å². The van der Waals surface area contributed by atoms with Gasteiger partial charge in [-0.15, -0.1) is 0 Å². The van der Waals surface area contributed by atoms with Gasteiger partial charge >= 0.3 is 6.18 Å². The Hall–Kier alpha value is -1.49. The number of allylic oxidation sites excluding steroid dienone is 2. The number of carbonyl (C=O) groups excluding carboxylic acids is 1. The van der Waals surface area contributed by atoms with Crippen molar-refractivity contribution in [3.8, 4) is 0 Å². The molecule has 0 spiro atoms. The fourth-order valence-corrected chi connectivity index (χ4v) is 3.58. The molecule has 0 saturated heterocycles. The van der Waals surface area contributed by atoms with Crippen molar-refractivity contribution in [2.75, 3.05) is 0 Å². The molecule has 1 aliphatic rings. The molecule has 0 aliphatic heterocycles. The lowest BCUT2D eigenvalue weighted by Gasteiger charge is -2.14. The maximum atomic E-state index is 13.5. The van der Waals surface area contributed by atoms with Crippen molar-refractivity contribution < 1.29 is 18.0 Å². The van der Waals surface area contributed by atoms with Crippen molar-refractivity contribution in [2.24, 2.45) is 0 Å². The minimum Gasteiger partial charge on any atom is -0.289 e. The largest absolute Gasteiger partial charge is 0.417 e. The van der Waals surface area contributed by atoms with Gasteiger partial charge in [0.2, 0.25) is 0 Å². The third-order valence-electron chi connectivity index (χ3n) is 4.26. The number of benzene rings is 2. The summed E-state index contributed by atoms with van der Waals surface area (Å²) in [6.07, 6.45) is -1.44.